The minimum atomic E-state index is -0.409. The Hall–Kier alpha value is -2.93. The Balaban J connectivity index is 1.51. The van der Waals surface area contributed by atoms with Gasteiger partial charge in [0.05, 0.1) is 16.6 Å². The van der Waals surface area contributed by atoms with Gasteiger partial charge in [-0.1, -0.05) is 42.1 Å². The zero-order valence-electron chi connectivity index (χ0n) is 16.3. The topological polar surface area (TPSA) is 76.9 Å². The van der Waals surface area contributed by atoms with E-state index in [1.165, 1.54) is 18.7 Å². The van der Waals surface area contributed by atoms with Gasteiger partial charge in [0.15, 0.2) is 5.78 Å². The van der Waals surface area contributed by atoms with Gasteiger partial charge in [0.25, 0.3) is 0 Å². The van der Waals surface area contributed by atoms with Crippen LogP contribution in [-0.2, 0) is 4.79 Å². The third-order valence-corrected chi connectivity index (χ3v) is 5.72. The Morgan fingerprint density at radius 1 is 1.10 bits per heavy atom. The molecule has 1 aliphatic rings. The number of anilines is 1. The first kappa shape index (κ1) is 19.4. The van der Waals surface area contributed by atoms with Gasteiger partial charge in [0.2, 0.25) is 11.1 Å². The molecule has 1 heterocycles. The number of aromatic nitrogens is 3. The summed E-state index contributed by atoms with van der Waals surface area (Å²) < 4.78 is 1.88. The Kier molecular flexibility index (Phi) is 5.49. The van der Waals surface area contributed by atoms with Crippen LogP contribution >= 0.6 is 11.8 Å². The maximum absolute atomic E-state index is 12.7. The Bertz CT molecular complexity index is 1040. The second-order valence-corrected chi connectivity index (χ2v) is 8.43. The van der Waals surface area contributed by atoms with Gasteiger partial charge in [-0.15, -0.1) is 5.10 Å². The average molecular weight is 407 g/mol. The molecule has 1 aliphatic carbocycles. The quantitative estimate of drug-likeness (QED) is 0.463. The van der Waals surface area contributed by atoms with Crippen molar-refractivity contribution in [3.63, 3.8) is 0 Å². The van der Waals surface area contributed by atoms with E-state index in [-0.39, 0.29) is 11.7 Å². The second kappa shape index (κ2) is 8.21. The smallest absolute Gasteiger partial charge is 0.237 e. The van der Waals surface area contributed by atoms with Crippen molar-refractivity contribution < 1.29 is 9.59 Å². The van der Waals surface area contributed by atoms with Crippen molar-refractivity contribution in [3.8, 4) is 5.69 Å². The standard InChI is InChI=1S/C22H22N4O2S/c1-14(27)18-10-6-7-11-19(18)23-21(28)15(2)29-22-24-20(16-12-13-16)26(25-22)17-8-4-3-5-9-17/h3-11,15-16H,12-13H2,1-2H3,(H,23,28). The summed E-state index contributed by atoms with van der Waals surface area (Å²) in [5.74, 6) is 1.11. The number of nitrogens with zero attached hydrogens (tertiary/aromatic N) is 3. The second-order valence-electron chi connectivity index (χ2n) is 7.13. The molecule has 1 fully saturated rings. The highest BCUT2D eigenvalue weighted by Gasteiger charge is 2.31. The molecule has 1 saturated carbocycles. The number of hydrogen-bond donors (Lipinski definition) is 1. The maximum atomic E-state index is 12.7. The zero-order valence-corrected chi connectivity index (χ0v) is 17.1. The van der Waals surface area contributed by atoms with Crippen molar-refractivity contribution in [2.45, 2.75) is 43.0 Å². The number of ketones is 1. The number of nitrogens with one attached hydrogen (secondary N) is 1. The van der Waals surface area contributed by atoms with Gasteiger partial charge in [-0.2, -0.15) is 0 Å². The molecular weight excluding hydrogens is 384 g/mol. The van der Waals surface area contributed by atoms with Crippen molar-refractivity contribution in [2.75, 3.05) is 5.32 Å². The summed E-state index contributed by atoms with van der Waals surface area (Å²) in [6.45, 7) is 3.30. The van der Waals surface area contributed by atoms with Crippen molar-refractivity contribution in [3.05, 3.63) is 66.0 Å². The summed E-state index contributed by atoms with van der Waals surface area (Å²) in [7, 11) is 0. The molecule has 0 aliphatic heterocycles. The van der Waals surface area contributed by atoms with Gasteiger partial charge in [0.1, 0.15) is 5.82 Å². The molecule has 7 heteroatoms. The van der Waals surface area contributed by atoms with E-state index in [4.69, 9.17) is 4.98 Å². The summed E-state index contributed by atoms with van der Waals surface area (Å²) >= 11 is 1.32. The molecule has 1 N–H and O–H groups in total. The summed E-state index contributed by atoms with van der Waals surface area (Å²) in [5, 5.41) is 7.68. The van der Waals surface area contributed by atoms with Crippen LogP contribution in [0, 0.1) is 0 Å². The van der Waals surface area contributed by atoms with Gasteiger partial charge in [-0.25, -0.2) is 9.67 Å². The fraction of sp³-hybridized carbons (Fsp3) is 0.273. The number of carbonyl (C=O) groups excluding carboxylic acids is 2. The lowest BCUT2D eigenvalue weighted by atomic mass is 10.1. The van der Waals surface area contributed by atoms with Crippen molar-refractivity contribution in [1.29, 1.82) is 0 Å². The van der Waals surface area contributed by atoms with E-state index in [0.717, 1.165) is 24.4 Å². The van der Waals surface area contributed by atoms with Crippen LogP contribution in [0.5, 0.6) is 0 Å². The van der Waals surface area contributed by atoms with Crippen LogP contribution in [0.4, 0.5) is 5.69 Å². The normalized spacial score (nSPS) is 14.4. The lowest BCUT2D eigenvalue weighted by molar-refractivity contribution is -0.115. The number of benzene rings is 2. The summed E-state index contributed by atoms with van der Waals surface area (Å²) in [6.07, 6.45) is 2.24. The molecule has 0 saturated heterocycles. The number of rotatable bonds is 7. The van der Waals surface area contributed by atoms with Crippen LogP contribution in [0.3, 0.4) is 0 Å². The van der Waals surface area contributed by atoms with Crippen molar-refractivity contribution in [1.82, 2.24) is 14.8 Å². The van der Waals surface area contributed by atoms with E-state index in [1.54, 1.807) is 24.3 Å². The summed E-state index contributed by atoms with van der Waals surface area (Å²) in [6, 6.07) is 17.0. The van der Waals surface area contributed by atoms with Gasteiger partial charge in [-0.3, -0.25) is 9.59 Å². The molecular formula is C22H22N4O2S. The van der Waals surface area contributed by atoms with Crippen LogP contribution in [0.25, 0.3) is 5.69 Å². The number of Topliss-reactive ketones (excluding diaryl/α,β-unsaturated/α-hetero) is 1. The molecule has 4 rings (SSSR count). The first-order valence-corrected chi connectivity index (χ1v) is 10.5. The van der Waals surface area contributed by atoms with Crippen molar-refractivity contribution >= 4 is 29.1 Å². The predicted molar refractivity (Wildman–Crippen MR) is 114 cm³/mol. The van der Waals surface area contributed by atoms with Gasteiger partial charge >= 0.3 is 0 Å². The average Bonchev–Trinajstić information content (AvgIpc) is 3.49. The molecule has 1 atom stereocenters. The van der Waals surface area contributed by atoms with Crippen LogP contribution < -0.4 is 5.32 Å². The van der Waals surface area contributed by atoms with E-state index in [9.17, 15) is 9.59 Å². The maximum Gasteiger partial charge on any atom is 0.237 e. The SMILES string of the molecule is CC(=O)c1ccccc1NC(=O)C(C)Sc1nc(C2CC2)n(-c2ccccc2)n1. The first-order valence-electron chi connectivity index (χ1n) is 9.63. The molecule has 1 aromatic heterocycles. The van der Waals surface area contributed by atoms with E-state index >= 15 is 0 Å². The van der Waals surface area contributed by atoms with E-state index in [2.05, 4.69) is 10.4 Å². The predicted octanol–water partition coefficient (Wildman–Crippen LogP) is 4.47. The fourth-order valence-corrected chi connectivity index (χ4v) is 3.82. The van der Waals surface area contributed by atoms with Crippen LogP contribution in [-0.4, -0.2) is 31.7 Å². The molecule has 2 aromatic carbocycles. The Morgan fingerprint density at radius 2 is 1.79 bits per heavy atom. The van der Waals surface area contributed by atoms with Crippen LogP contribution in [0.1, 0.15) is 48.8 Å². The number of carbonyl (C=O) groups is 2. The molecule has 0 radical (unpaired) electrons. The highest BCUT2D eigenvalue weighted by atomic mass is 32.2. The Labute approximate surface area is 173 Å². The summed E-state index contributed by atoms with van der Waals surface area (Å²) in [5.41, 5.74) is 2.00. The van der Waals surface area contributed by atoms with E-state index < -0.39 is 5.25 Å². The third kappa shape index (κ3) is 4.40. The van der Waals surface area contributed by atoms with E-state index in [0.29, 0.717) is 22.3 Å². The fourth-order valence-electron chi connectivity index (χ4n) is 3.06. The lowest BCUT2D eigenvalue weighted by Crippen LogP contribution is -2.23. The molecule has 148 valence electrons. The van der Waals surface area contributed by atoms with Crippen LogP contribution in [0.2, 0.25) is 0 Å². The third-order valence-electron chi connectivity index (χ3n) is 4.77. The number of hydrogen-bond acceptors (Lipinski definition) is 5. The molecule has 1 amide bonds. The highest BCUT2D eigenvalue weighted by Crippen LogP contribution is 2.40. The largest absolute Gasteiger partial charge is 0.324 e. The molecule has 3 aromatic rings. The lowest BCUT2D eigenvalue weighted by Gasteiger charge is -2.12. The number of amides is 1. The number of thioether (sulfide) groups is 1. The first-order chi connectivity index (χ1) is 14.0. The molecule has 1 unspecified atom stereocenters. The Morgan fingerprint density at radius 3 is 2.48 bits per heavy atom. The molecule has 6 nitrogen and oxygen atoms in total. The van der Waals surface area contributed by atoms with Gasteiger partial charge < -0.3 is 5.32 Å². The highest BCUT2D eigenvalue weighted by molar-refractivity contribution is 8.00. The van der Waals surface area contributed by atoms with E-state index in [1.807, 2.05) is 41.9 Å². The summed E-state index contributed by atoms with van der Waals surface area (Å²) in [4.78, 5) is 29.2. The van der Waals surface area contributed by atoms with Crippen LogP contribution in [0.15, 0.2) is 59.8 Å². The monoisotopic (exact) mass is 406 g/mol. The molecule has 0 bridgehead atoms. The zero-order chi connectivity index (χ0) is 20.4. The van der Waals surface area contributed by atoms with Gasteiger partial charge in [-0.05, 0) is 51.0 Å². The van der Waals surface area contributed by atoms with Gasteiger partial charge in [0, 0.05) is 11.5 Å². The molecule has 29 heavy (non-hydrogen) atoms. The minimum absolute atomic E-state index is 0.0847. The minimum Gasteiger partial charge on any atom is -0.324 e. The molecule has 0 spiro atoms. The number of para-hydroxylation sites is 2. The van der Waals surface area contributed by atoms with Crippen molar-refractivity contribution in [2.24, 2.45) is 0 Å².